The molecule has 11 N–H and O–H groups in total. The number of nitrogens with one attached hydrogen (secondary N) is 5. The van der Waals surface area contributed by atoms with Gasteiger partial charge in [0, 0.05) is 41.2 Å². The summed E-state index contributed by atoms with van der Waals surface area (Å²) in [5, 5.41) is 5.00. The van der Waals surface area contributed by atoms with Crippen LogP contribution in [-0.2, 0) is 27.2 Å². The highest BCUT2D eigenvalue weighted by molar-refractivity contribution is 5.97. The van der Waals surface area contributed by atoms with Crippen LogP contribution in [0.4, 0.5) is 49.1 Å². The van der Waals surface area contributed by atoms with Crippen LogP contribution in [0, 0.1) is 41.8 Å². The van der Waals surface area contributed by atoms with Crippen LogP contribution in [0.25, 0.3) is 43.7 Å². The largest absolute Gasteiger partial charge is 0.397 e. The highest BCUT2D eigenvalue weighted by Crippen LogP contribution is 2.25. The topological polar surface area (TPSA) is 217 Å². The summed E-state index contributed by atoms with van der Waals surface area (Å²) >= 11 is 0. The Hall–Kier alpha value is -8.76. The number of para-hydroxylation sites is 3. The summed E-state index contributed by atoms with van der Waals surface area (Å²) < 4.78 is 78.8. The summed E-state index contributed by atoms with van der Waals surface area (Å²) in [5.41, 5.74) is 23.0. The standard InChI is InChI=1S/C16H13F2N3O.C16H11F2N3.C9H8FN.C6H7FN2.CO2.CH4/c17-10-4-5-13(19)14(7-10)21-15(22)6-9-8-20-16-11(9)2-1-3-12(16)18;17-10-4-5-13-14(7-10)21-15(20-13)6-9-8-19-16-11(9)2-1-3-12(16)18;1-6-5-11-9-7(6)3-2-4-8(9)10;7-4-1-2-5(8)6(9)3-4;2-1-3;/h1-5,7-8,20H,6,19H2,(H,21,22);1-5,7-8,19H,6H2,(H,20,21);2-5,11H,1H3;1-3H,8-9H2;;1H4. The molecular formula is C49H43F6N9O3. The van der Waals surface area contributed by atoms with E-state index in [9.17, 15) is 31.1 Å². The molecule has 4 heterocycles. The fourth-order valence-corrected chi connectivity index (χ4v) is 6.75. The molecule has 0 bridgehead atoms. The minimum Gasteiger partial charge on any atom is -0.397 e. The van der Waals surface area contributed by atoms with Gasteiger partial charge in [-0.2, -0.15) is 9.59 Å². The lowest BCUT2D eigenvalue weighted by Gasteiger charge is -2.08. The first kappa shape index (κ1) is 49.3. The molecule has 10 aromatic rings. The van der Waals surface area contributed by atoms with E-state index in [1.807, 2.05) is 25.3 Å². The van der Waals surface area contributed by atoms with Crippen LogP contribution in [0.1, 0.15) is 29.9 Å². The van der Waals surface area contributed by atoms with E-state index >= 15 is 0 Å². The van der Waals surface area contributed by atoms with E-state index in [1.54, 1.807) is 42.7 Å². The highest BCUT2D eigenvalue weighted by Gasteiger charge is 2.14. The summed E-state index contributed by atoms with van der Waals surface area (Å²) in [7, 11) is 0. The first-order valence-corrected chi connectivity index (χ1v) is 19.7. The average Bonchev–Trinajstić information content (AvgIpc) is 4.09. The minimum atomic E-state index is -0.487. The van der Waals surface area contributed by atoms with Gasteiger partial charge in [-0.25, -0.2) is 31.3 Å². The van der Waals surface area contributed by atoms with Gasteiger partial charge in [0.25, 0.3) is 0 Å². The number of benzene rings is 6. The van der Waals surface area contributed by atoms with Crippen LogP contribution in [0.3, 0.4) is 0 Å². The fraction of sp³-hybridized carbons (Fsp3) is 0.0816. The Bertz CT molecular complexity index is 3340. The molecule has 0 atom stereocenters. The minimum absolute atomic E-state index is 0. The van der Waals surface area contributed by atoms with E-state index in [0.29, 0.717) is 45.1 Å². The second-order valence-corrected chi connectivity index (χ2v) is 14.4. The maximum absolute atomic E-state index is 13.7. The van der Waals surface area contributed by atoms with Crippen molar-refractivity contribution in [3.8, 4) is 0 Å². The first-order chi connectivity index (χ1) is 31.6. The highest BCUT2D eigenvalue weighted by atomic mass is 19.1. The van der Waals surface area contributed by atoms with E-state index in [0.717, 1.165) is 39.3 Å². The van der Waals surface area contributed by atoms with Crippen molar-refractivity contribution in [1.82, 2.24) is 24.9 Å². The van der Waals surface area contributed by atoms with Crippen LogP contribution in [0.15, 0.2) is 128 Å². The number of amides is 1. The molecule has 0 radical (unpaired) electrons. The molecule has 0 aliphatic heterocycles. The molecule has 10 rings (SSSR count). The number of anilines is 4. The third kappa shape index (κ3) is 12.3. The summed E-state index contributed by atoms with van der Waals surface area (Å²) in [6.45, 7) is 1.96. The molecule has 0 fully saturated rings. The summed E-state index contributed by atoms with van der Waals surface area (Å²) in [6, 6.07) is 26.8. The van der Waals surface area contributed by atoms with E-state index in [2.05, 4.69) is 30.2 Å². The Balaban J connectivity index is 0.000000172. The number of nitrogen functional groups attached to an aromatic ring is 3. The van der Waals surface area contributed by atoms with Crippen molar-refractivity contribution in [3.63, 3.8) is 0 Å². The lowest BCUT2D eigenvalue weighted by atomic mass is 10.1. The maximum Gasteiger partial charge on any atom is 0.373 e. The Morgan fingerprint density at radius 3 is 1.69 bits per heavy atom. The van der Waals surface area contributed by atoms with Crippen LogP contribution in [-0.4, -0.2) is 37.0 Å². The zero-order valence-electron chi connectivity index (χ0n) is 34.7. The Morgan fingerprint density at radius 1 is 0.612 bits per heavy atom. The Kier molecular flexibility index (Phi) is 16.3. The molecule has 1 amide bonds. The van der Waals surface area contributed by atoms with Crippen molar-refractivity contribution in [1.29, 1.82) is 0 Å². The number of aromatic nitrogens is 5. The lowest BCUT2D eigenvalue weighted by Crippen LogP contribution is -2.15. The Labute approximate surface area is 378 Å². The summed E-state index contributed by atoms with van der Waals surface area (Å²) in [5.74, 6) is -1.62. The number of nitrogens with zero attached hydrogens (tertiary/aromatic N) is 1. The molecule has 6 aromatic carbocycles. The molecule has 12 nitrogen and oxygen atoms in total. The van der Waals surface area contributed by atoms with Gasteiger partial charge < -0.3 is 42.5 Å². The maximum atomic E-state index is 13.7. The molecule has 0 spiro atoms. The second-order valence-electron chi connectivity index (χ2n) is 14.4. The second kappa shape index (κ2) is 22.2. The number of aryl methyl sites for hydroxylation is 1. The number of aromatic amines is 4. The van der Waals surface area contributed by atoms with Crippen molar-refractivity contribution in [2.45, 2.75) is 27.2 Å². The summed E-state index contributed by atoms with van der Waals surface area (Å²) in [6.07, 6.45) is 5.98. The number of carbonyl (C=O) groups excluding carboxylic acids is 3. The number of hydrogen-bond acceptors (Lipinski definition) is 7. The van der Waals surface area contributed by atoms with Gasteiger partial charge in [-0.3, -0.25) is 4.79 Å². The number of hydrogen-bond donors (Lipinski definition) is 8. The number of nitrogens with two attached hydrogens (primary N) is 3. The number of H-pyrrole nitrogens is 4. The monoisotopic (exact) mass is 919 g/mol. The number of carbonyl (C=O) groups is 1. The van der Waals surface area contributed by atoms with Gasteiger partial charge in [0.05, 0.1) is 56.8 Å². The predicted molar refractivity (Wildman–Crippen MR) is 248 cm³/mol. The van der Waals surface area contributed by atoms with Gasteiger partial charge in [0.2, 0.25) is 5.91 Å². The van der Waals surface area contributed by atoms with Crippen LogP contribution in [0.5, 0.6) is 0 Å². The van der Waals surface area contributed by atoms with Gasteiger partial charge in [-0.1, -0.05) is 43.8 Å². The quantitative estimate of drug-likeness (QED) is 0.0616. The van der Waals surface area contributed by atoms with Gasteiger partial charge in [-0.15, -0.1) is 0 Å². The SMILES string of the molecule is C.Cc1c[nH]c2c(F)cccc12.Fc1ccc2nc(Cc3c[nH]c4c(F)cccc34)[nH]c2c1.Nc1ccc(F)cc1N.Nc1ccc(F)cc1NC(=O)Cc1c[nH]c2c(F)cccc12.O=C=O. The number of imidazole rings is 1. The van der Waals surface area contributed by atoms with Gasteiger partial charge in [0.15, 0.2) is 0 Å². The van der Waals surface area contributed by atoms with Crippen LogP contribution < -0.4 is 22.5 Å². The Morgan fingerprint density at radius 2 is 1.10 bits per heavy atom. The molecule has 0 saturated carbocycles. The molecule has 0 saturated heterocycles. The molecule has 344 valence electrons. The van der Waals surface area contributed by atoms with Crippen molar-refractivity contribution < 1.29 is 40.7 Å². The molecular weight excluding hydrogens is 877 g/mol. The summed E-state index contributed by atoms with van der Waals surface area (Å²) in [4.78, 5) is 44.5. The van der Waals surface area contributed by atoms with Crippen molar-refractivity contribution >= 4 is 78.6 Å². The van der Waals surface area contributed by atoms with Crippen molar-refractivity contribution in [2.75, 3.05) is 22.5 Å². The van der Waals surface area contributed by atoms with E-state index < -0.39 is 5.82 Å². The lowest BCUT2D eigenvalue weighted by molar-refractivity contribution is -0.191. The molecule has 18 heteroatoms. The van der Waals surface area contributed by atoms with Crippen LogP contribution in [0.2, 0.25) is 0 Å². The normalized spacial score (nSPS) is 10.3. The smallest absolute Gasteiger partial charge is 0.373 e. The van der Waals surface area contributed by atoms with E-state index in [1.165, 1.54) is 60.7 Å². The zero-order valence-corrected chi connectivity index (χ0v) is 34.7. The van der Waals surface area contributed by atoms with Gasteiger partial charge in [0.1, 0.15) is 40.7 Å². The molecule has 4 aromatic heterocycles. The predicted octanol–water partition coefficient (Wildman–Crippen LogP) is 10.8. The van der Waals surface area contributed by atoms with Crippen molar-refractivity contribution in [2.24, 2.45) is 0 Å². The molecule has 67 heavy (non-hydrogen) atoms. The number of fused-ring (bicyclic) bond motifs is 4. The third-order valence-electron chi connectivity index (χ3n) is 9.91. The first-order valence-electron chi connectivity index (χ1n) is 19.7. The molecule has 0 unspecified atom stereocenters. The van der Waals surface area contributed by atoms with E-state index in [4.69, 9.17) is 26.8 Å². The average molecular weight is 920 g/mol. The van der Waals surface area contributed by atoms with Crippen LogP contribution >= 0.6 is 0 Å². The zero-order chi connectivity index (χ0) is 47.5. The van der Waals surface area contributed by atoms with Crippen molar-refractivity contribution in [3.05, 3.63) is 185 Å². The molecule has 0 aliphatic carbocycles. The number of halogens is 6. The third-order valence-corrected chi connectivity index (χ3v) is 9.91. The van der Waals surface area contributed by atoms with Gasteiger partial charge in [-0.05, 0) is 96.4 Å². The number of rotatable bonds is 5. The molecule has 0 aliphatic rings. The van der Waals surface area contributed by atoms with Gasteiger partial charge >= 0.3 is 6.15 Å². The van der Waals surface area contributed by atoms with E-state index in [-0.39, 0.29) is 72.1 Å². The fourth-order valence-electron chi connectivity index (χ4n) is 6.75.